The molecule has 0 fully saturated rings. The fourth-order valence-corrected chi connectivity index (χ4v) is 4.29. The van der Waals surface area contributed by atoms with Crippen LogP contribution in [0.25, 0.3) is 0 Å². The first-order valence-corrected chi connectivity index (χ1v) is 11.2. The van der Waals surface area contributed by atoms with Crippen molar-refractivity contribution in [2.75, 3.05) is 11.8 Å². The van der Waals surface area contributed by atoms with Gasteiger partial charge in [0.05, 0.1) is 22.6 Å². The van der Waals surface area contributed by atoms with E-state index in [1.807, 2.05) is 0 Å². The van der Waals surface area contributed by atoms with E-state index in [9.17, 15) is 18.0 Å². The van der Waals surface area contributed by atoms with Gasteiger partial charge in [-0.25, -0.2) is 18.0 Å². The molecule has 31 heavy (non-hydrogen) atoms. The van der Waals surface area contributed by atoms with Gasteiger partial charge in [-0.05, 0) is 50.6 Å². The molecule has 2 aromatic carbocycles. The first-order valence-electron chi connectivity index (χ1n) is 9.74. The number of benzene rings is 2. The van der Waals surface area contributed by atoms with Crippen LogP contribution in [-0.4, -0.2) is 38.5 Å². The molecule has 2 N–H and O–H groups in total. The van der Waals surface area contributed by atoms with E-state index in [2.05, 4.69) is 10.0 Å². The van der Waals surface area contributed by atoms with Crippen molar-refractivity contribution in [3.8, 4) is 0 Å². The third kappa shape index (κ3) is 4.88. The topological polar surface area (TPSA) is 105 Å². The summed E-state index contributed by atoms with van der Waals surface area (Å²) in [6.07, 6.45) is -0.333. The van der Waals surface area contributed by atoms with Crippen molar-refractivity contribution < 1.29 is 22.7 Å². The standard InChI is InChI=1S/C22H25N3O5S/c1-14(2)30-21(26)19-15(3)25(4)22(27)23-20(19)16-9-8-10-17(13-16)24-31(28,29)18-11-6-5-7-12-18/h5-14,20,24H,1-4H3,(H,23,27). The summed E-state index contributed by atoms with van der Waals surface area (Å²) in [5.74, 6) is -0.542. The maximum absolute atomic E-state index is 12.8. The van der Waals surface area contributed by atoms with Gasteiger partial charge in [0.15, 0.2) is 0 Å². The van der Waals surface area contributed by atoms with E-state index < -0.39 is 22.0 Å². The summed E-state index contributed by atoms with van der Waals surface area (Å²) in [7, 11) is -2.22. The Kier molecular flexibility index (Phi) is 6.35. The van der Waals surface area contributed by atoms with Crippen LogP contribution in [0.4, 0.5) is 10.5 Å². The molecule has 0 aliphatic carbocycles. The van der Waals surface area contributed by atoms with E-state index >= 15 is 0 Å². The van der Waals surface area contributed by atoms with Crippen LogP contribution in [0.2, 0.25) is 0 Å². The summed E-state index contributed by atoms with van der Waals surface area (Å²) >= 11 is 0. The van der Waals surface area contributed by atoms with Crippen LogP contribution < -0.4 is 10.0 Å². The quantitative estimate of drug-likeness (QED) is 0.666. The molecule has 0 saturated heterocycles. The van der Waals surface area contributed by atoms with Crippen molar-refractivity contribution in [2.45, 2.75) is 37.8 Å². The molecule has 8 nitrogen and oxygen atoms in total. The summed E-state index contributed by atoms with van der Waals surface area (Å²) in [6.45, 7) is 5.16. The number of amides is 2. The predicted molar refractivity (Wildman–Crippen MR) is 117 cm³/mol. The second-order valence-electron chi connectivity index (χ2n) is 7.44. The number of hydrogen-bond donors (Lipinski definition) is 2. The lowest BCUT2D eigenvalue weighted by molar-refractivity contribution is -0.143. The number of carbonyl (C=O) groups excluding carboxylic acids is 2. The van der Waals surface area contributed by atoms with Gasteiger partial charge < -0.3 is 15.0 Å². The Morgan fingerprint density at radius 2 is 1.81 bits per heavy atom. The molecule has 1 heterocycles. The van der Waals surface area contributed by atoms with Gasteiger partial charge in [0, 0.05) is 18.4 Å². The van der Waals surface area contributed by atoms with Crippen LogP contribution in [0.1, 0.15) is 32.4 Å². The van der Waals surface area contributed by atoms with Gasteiger partial charge in [-0.2, -0.15) is 0 Å². The molecule has 164 valence electrons. The normalized spacial score (nSPS) is 16.9. The lowest BCUT2D eigenvalue weighted by Gasteiger charge is -2.33. The van der Waals surface area contributed by atoms with Gasteiger partial charge in [0.25, 0.3) is 10.0 Å². The number of allylic oxidation sites excluding steroid dienone is 1. The van der Waals surface area contributed by atoms with Crippen LogP contribution in [0.15, 0.2) is 70.8 Å². The molecule has 3 rings (SSSR count). The van der Waals surface area contributed by atoms with Gasteiger partial charge in [0.1, 0.15) is 0 Å². The van der Waals surface area contributed by atoms with Crippen molar-refractivity contribution in [3.63, 3.8) is 0 Å². The number of nitrogens with one attached hydrogen (secondary N) is 2. The van der Waals surface area contributed by atoms with Gasteiger partial charge in [0.2, 0.25) is 0 Å². The smallest absolute Gasteiger partial charge is 0.338 e. The molecule has 0 bridgehead atoms. The molecule has 0 spiro atoms. The molecule has 2 amide bonds. The van der Waals surface area contributed by atoms with Gasteiger partial charge in [-0.15, -0.1) is 0 Å². The van der Waals surface area contributed by atoms with Crippen molar-refractivity contribution in [2.24, 2.45) is 0 Å². The number of nitrogens with zero attached hydrogens (tertiary/aromatic N) is 1. The molecule has 0 radical (unpaired) electrons. The average molecular weight is 444 g/mol. The van der Waals surface area contributed by atoms with Crippen LogP contribution in [0.5, 0.6) is 0 Å². The Morgan fingerprint density at radius 3 is 2.45 bits per heavy atom. The average Bonchev–Trinajstić information content (AvgIpc) is 2.71. The number of esters is 1. The Hall–Kier alpha value is -3.33. The van der Waals surface area contributed by atoms with Crippen LogP contribution in [0, 0.1) is 0 Å². The van der Waals surface area contributed by atoms with Crippen LogP contribution in [0.3, 0.4) is 0 Å². The van der Waals surface area contributed by atoms with E-state index in [0.717, 1.165) is 0 Å². The third-order valence-electron chi connectivity index (χ3n) is 4.84. The number of sulfonamides is 1. The second-order valence-corrected chi connectivity index (χ2v) is 9.12. The summed E-state index contributed by atoms with van der Waals surface area (Å²) in [5.41, 5.74) is 1.61. The lowest BCUT2D eigenvalue weighted by Crippen LogP contribution is -2.46. The number of urea groups is 1. The zero-order chi connectivity index (χ0) is 22.8. The zero-order valence-corrected chi connectivity index (χ0v) is 18.6. The third-order valence-corrected chi connectivity index (χ3v) is 6.24. The molecule has 2 aromatic rings. The van der Waals surface area contributed by atoms with Gasteiger partial charge in [-0.1, -0.05) is 30.3 Å². The Morgan fingerprint density at radius 1 is 1.13 bits per heavy atom. The SMILES string of the molecule is CC1=C(C(=O)OC(C)C)C(c2cccc(NS(=O)(=O)c3ccccc3)c2)NC(=O)N1C. The maximum atomic E-state index is 12.8. The highest BCUT2D eigenvalue weighted by molar-refractivity contribution is 7.92. The summed E-state index contributed by atoms with van der Waals surface area (Å²) in [4.78, 5) is 26.7. The fourth-order valence-electron chi connectivity index (χ4n) is 3.22. The molecular weight excluding hydrogens is 418 g/mol. The molecule has 1 aliphatic heterocycles. The highest BCUT2D eigenvalue weighted by Crippen LogP contribution is 2.32. The number of anilines is 1. The molecule has 0 aromatic heterocycles. The summed E-state index contributed by atoms with van der Waals surface area (Å²) in [6, 6.07) is 13.4. The first-order chi connectivity index (χ1) is 14.6. The Balaban J connectivity index is 1.98. The lowest BCUT2D eigenvalue weighted by atomic mass is 9.94. The number of rotatable bonds is 6. The molecule has 1 aliphatic rings. The highest BCUT2D eigenvalue weighted by Gasteiger charge is 2.35. The monoisotopic (exact) mass is 443 g/mol. The van der Waals surface area contributed by atoms with Crippen molar-refractivity contribution >= 4 is 27.7 Å². The predicted octanol–water partition coefficient (Wildman–Crippen LogP) is 3.41. The molecule has 1 atom stereocenters. The maximum Gasteiger partial charge on any atom is 0.338 e. The van der Waals surface area contributed by atoms with E-state index in [-0.39, 0.29) is 17.0 Å². The number of hydrogen-bond acceptors (Lipinski definition) is 5. The highest BCUT2D eigenvalue weighted by atomic mass is 32.2. The van der Waals surface area contributed by atoms with Crippen LogP contribution >= 0.6 is 0 Å². The molecular formula is C22H25N3O5S. The van der Waals surface area contributed by atoms with E-state index in [0.29, 0.717) is 22.5 Å². The van der Waals surface area contributed by atoms with E-state index in [4.69, 9.17) is 4.74 Å². The number of carbonyl (C=O) groups is 2. The summed E-state index contributed by atoms with van der Waals surface area (Å²) < 4.78 is 33.2. The second kappa shape index (κ2) is 8.81. The first kappa shape index (κ1) is 22.4. The minimum absolute atomic E-state index is 0.130. The van der Waals surface area contributed by atoms with Crippen molar-refractivity contribution in [3.05, 3.63) is 71.4 Å². The molecule has 0 saturated carbocycles. The minimum Gasteiger partial charge on any atom is -0.459 e. The number of ether oxygens (including phenoxy) is 1. The molecule has 1 unspecified atom stereocenters. The van der Waals surface area contributed by atoms with E-state index in [1.165, 1.54) is 17.0 Å². The zero-order valence-electron chi connectivity index (χ0n) is 17.7. The minimum atomic E-state index is -3.79. The fraction of sp³-hybridized carbons (Fsp3) is 0.273. The van der Waals surface area contributed by atoms with E-state index in [1.54, 1.807) is 70.3 Å². The van der Waals surface area contributed by atoms with Crippen molar-refractivity contribution in [1.29, 1.82) is 0 Å². The Bertz CT molecular complexity index is 1130. The largest absolute Gasteiger partial charge is 0.459 e. The molecule has 9 heteroatoms. The van der Waals surface area contributed by atoms with Gasteiger partial charge >= 0.3 is 12.0 Å². The van der Waals surface area contributed by atoms with Crippen LogP contribution in [-0.2, 0) is 19.6 Å². The van der Waals surface area contributed by atoms with Crippen molar-refractivity contribution in [1.82, 2.24) is 10.2 Å². The van der Waals surface area contributed by atoms with Gasteiger partial charge in [-0.3, -0.25) is 4.72 Å². The Labute approximate surface area is 181 Å². The summed E-state index contributed by atoms with van der Waals surface area (Å²) in [5, 5.41) is 2.79.